The third kappa shape index (κ3) is 5.09. The first-order chi connectivity index (χ1) is 12.4. The van der Waals surface area contributed by atoms with Gasteiger partial charge in [-0.15, -0.1) is 0 Å². The van der Waals surface area contributed by atoms with Gasteiger partial charge in [-0.1, -0.05) is 0 Å². The molecule has 26 heavy (non-hydrogen) atoms. The number of nitrogens with one attached hydrogen (secondary N) is 1. The Morgan fingerprint density at radius 3 is 2.69 bits per heavy atom. The van der Waals surface area contributed by atoms with Crippen molar-refractivity contribution in [3.63, 3.8) is 0 Å². The number of hydrogen-bond donors (Lipinski definition) is 1. The SMILES string of the molecule is COCCS(=O)(=O)N1CCCC(C(=O)Nc2ccc(OC)cc2OC)C1. The van der Waals surface area contributed by atoms with Crippen molar-refractivity contribution in [2.75, 3.05) is 52.1 Å². The summed E-state index contributed by atoms with van der Waals surface area (Å²) in [4.78, 5) is 12.6. The zero-order valence-electron chi connectivity index (χ0n) is 15.4. The van der Waals surface area contributed by atoms with Crippen molar-refractivity contribution in [3.8, 4) is 11.5 Å². The lowest BCUT2D eigenvalue weighted by molar-refractivity contribution is -0.120. The number of amides is 1. The van der Waals surface area contributed by atoms with E-state index in [0.29, 0.717) is 36.6 Å². The first kappa shape index (κ1) is 20.5. The number of nitrogens with zero attached hydrogens (tertiary/aromatic N) is 1. The van der Waals surface area contributed by atoms with Crippen LogP contribution in [-0.2, 0) is 19.6 Å². The summed E-state index contributed by atoms with van der Waals surface area (Å²) >= 11 is 0. The maximum Gasteiger partial charge on any atom is 0.228 e. The largest absolute Gasteiger partial charge is 0.497 e. The van der Waals surface area contributed by atoms with Gasteiger partial charge in [0.2, 0.25) is 15.9 Å². The van der Waals surface area contributed by atoms with Gasteiger partial charge >= 0.3 is 0 Å². The standard InChI is InChI=1S/C17H26N2O6S/c1-23-9-10-26(21,22)19-8-4-5-13(12-19)17(20)18-15-7-6-14(24-2)11-16(15)25-3/h6-7,11,13H,4-5,8-10,12H2,1-3H3,(H,18,20). The molecule has 1 unspecified atom stereocenters. The van der Waals surface area contributed by atoms with E-state index in [9.17, 15) is 13.2 Å². The van der Waals surface area contributed by atoms with Crippen molar-refractivity contribution in [1.82, 2.24) is 4.31 Å². The molecule has 1 amide bonds. The molecule has 1 aromatic carbocycles. The maximum absolute atomic E-state index is 12.6. The molecule has 0 bridgehead atoms. The molecule has 1 atom stereocenters. The highest BCUT2D eigenvalue weighted by Crippen LogP contribution is 2.30. The molecule has 1 aliphatic rings. The van der Waals surface area contributed by atoms with Gasteiger partial charge in [-0.2, -0.15) is 0 Å². The van der Waals surface area contributed by atoms with Crippen LogP contribution in [0.4, 0.5) is 5.69 Å². The smallest absolute Gasteiger partial charge is 0.228 e. The van der Waals surface area contributed by atoms with Gasteiger partial charge in [0.25, 0.3) is 0 Å². The summed E-state index contributed by atoms with van der Waals surface area (Å²) in [5.41, 5.74) is 0.526. The van der Waals surface area contributed by atoms with Crippen LogP contribution in [0.2, 0.25) is 0 Å². The van der Waals surface area contributed by atoms with E-state index in [0.717, 1.165) is 0 Å². The van der Waals surface area contributed by atoms with Gasteiger partial charge in [-0.3, -0.25) is 4.79 Å². The zero-order chi connectivity index (χ0) is 19.2. The second kappa shape index (κ2) is 9.20. The summed E-state index contributed by atoms with van der Waals surface area (Å²) in [7, 11) is 1.10. The van der Waals surface area contributed by atoms with Gasteiger partial charge < -0.3 is 19.5 Å². The van der Waals surface area contributed by atoms with Crippen LogP contribution in [0.3, 0.4) is 0 Å². The summed E-state index contributed by atoms with van der Waals surface area (Å²) in [5.74, 6) is 0.392. The second-order valence-corrected chi connectivity index (χ2v) is 8.15. The third-order valence-electron chi connectivity index (χ3n) is 4.36. The Morgan fingerprint density at radius 1 is 1.27 bits per heavy atom. The lowest BCUT2D eigenvalue weighted by atomic mass is 9.98. The molecule has 0 aliphatic carbocycles. The summed E-state index contributed by atoms with van der Waals surface area (Å²) in [5, 5.41) is 2.83. The van der Waals surface area contributed by atoms with Crippen molar-refractivity contribution in [2.24, 2.45) is 5.92 Å². The molecule has 146 valence electrons. The first-order valence-corrected chi connectivity index (χ1v) is 10.0. The van der Waals surface area contributed by atoms with Crippen LogP contribution in [-0.4, -0.2) is 65.4 Å². The Balaban J connectivity index is 2.05. The quantitative estimate of drug-likeness (QED) is 0.724. The van der Waals surface area contributed by atoms with E-state index < -0.39 is 15.9 Å². The van der Waals surface area contributed by atoms with Gasteiger partial charge in [0, 0.05) is 26.3 Å². The van der Waals surface area contributed by atoms with Gasteiger partial charge in [0.15, 0.2) is 0 Å². The molecule has 0 aromatic heterocycles. The van der Waals surface area contributed by atoms with Crippen LogP contribution in [0.25, 0.3) is 0 Å². The lowest BCUT2D eigenvalue weighted by Gasteiger charge is -2.31. The average Bonchev–Trinajstić information content (AvgIpc) is 2.66. The van der Waals surface area contributed by atoms with Crippen LogP contribution < -0.4 is 14.8 Å². The molecular weight excluding hydrogens is 360 g/mol. The molecule has 2 rings (SSSR count). The monoisotopic (exact) mass is 386 g/mol. The van der Waals surface area contributed by atoms with E-state index in [1.807, 2.05) is 0 Å². The van der Waals surface area contributed by atoms with E-state index >= 15 is 0 Å². The summed E-state index contributed by atoms with van der Waals surface area (Å²) in [6.45, 7) is 0.747. The molecule has 0 radical (unpaired) electrons. The minimum absolute atomic E-state index is 0.0792. The molecule has 0 saturated carbocycles. The number of carbonyl (C=O) groups is 1. The molecule has 1 aromatic rings. The van der Waals surface area contributed by atoms with Crippen LogP contribution >= 0.6 is 0 Å². The average molecular weight is 386 g/mol. The molecule has 8 nitrogen and oxygen atoms in total. The number of anilines is 1. The molecule has 1 saturated heterocycles. The molecule has 1 N–H and O–H groups in total. The molecule has 0 spiro atoms. The number of ether oxygens (including phenoxy) is 3. The second-order valence-electron chi connectivity index (χ2n) is 6.06. The van der Waals surface area contributed by atoms with E-state index in [4.69, 9.17) is 14.2 Å². The number of rotatable bonds is 8. The Bertz CT molecular complexity index is 722. The lowest BCUT2D eigenvalue weighted by Crippen LogP contribution is -2.45. The van der Waals surface area contributed by atoms with Crippen molar-refractivity contribution >= 4 is 21.6 Å². The molecule has 1 heterocycles. The van der Waals surface area contributed by atoms with Crippen molar-refractivity contribution in [3.05, 3.63) is 18.2 Å². The topological polar surface area (TPSA) is 94.2 Å². The minimum Gasteiger partial charge on any atom is -0.497 e. The fraction of sp³-hybridized carbons (Fsp3) is 0.588. The minimum atomic E-state index is -3.42. The van der Waals surface area contributed by atoms with Crippen LogP contribution in [0.15, 0.2) is 18.2 Å². The van der Waals surface area contributed by atoms with Crippen molar-refractivity contribution < 1.29 is 27.4 Å². The summed E-state index contributed by atoms with van der Waals surface area (Å²) in [6, 6.07) is 5.10. The molecule has 9 heteroatoms. The number of sulfonamides is 1. The Morgan fingerprint density at radius 2 is 2.04 bits per heavy atom. The van der Waals surface area contributed by atoms with Crippen molar-refractivity contribution in [1.29, 1.82) is 0 Å². The van der Waals surface area contributed by atoms with Gasteiger partial charge in [-0.05, 0) is 25.0 Å². The first-order valence-electron chi connectivity index (χ1n) is 8.41. The van der Waals surface area contributed by atoms with Crippen molar-refractivity contribution in [2.45, 2.75) is 12.8 Å². The van der Waals surface area contributed by atoms with Crippen LogP contribution in [0, 0.1) is 5.92 Å². The number of methoxy groups -OCH3 is 3. The highest BCUT2D eigenvalue weighted by molar-refractivity contribution is 7.89. The predicted octanol–water partition coefficient (Wildman–Crippen LogP) is 1.33. The van der Waals surface area contributed by atoms with E-state index in [1.165, 1.54) is 18.5 Å². The van der Waals surface area contributed by atoms with Crippen LogP contribution in [0.1, 0.15) is 12.8 Å². The van der Waals surface area contributed by atoms with Gasteiger partial charge in [-0.25, -0.2) is 12.7 Å². The molecule has 1 fully saturated rings. The predicted molar refractivity (Wildman–Crippen MR) is 98.1 cm³/mol. The highest BCUT2D eigenvalue weighted by atomic mass is 32.2. The van der Waals surface area contributed by atoms with E-state index in [-0.39, 0.29) is 24.8 Å². The van der Waals surface area contributed by atoms with Gasteiger partial charge in [0.05, 0.1) is 38.2 Å². The number of piperidine rings is 1. The van der Waals surface area contributed by atoms with E-state index in [2.05, 4.69) is 5.32 Å². The Labute approximate surface area is 154 Å². The zero-order valence-corrected chi connectivity index (χ0v) is 16.2. The number of benzene rings is 1. The normalized spacial score (nSPS) is 18.3. The number of carbonyl (C=O) groups excluding carboxylic acids is 1. The fourth-order valence-electron chi connectivity index (χ4n) is 2.86. The Hall–Kier alpha value is -1.84. The van der Waals surface area contributed by atoms with Gasteiger partial charge in [0.1, 0.15) is 11.5 Å². The highest BCUT2D eigenvalue weighted by Gasteiger charge is 2.32. The maximum atomic E-state index is 12.6. The van der Waals surface area contributed by atoms with E-state index in [1.54, 1.807) is 25.3 Å². The molecular formula is C17H26N2O6S. The molecule has 1 aliphatic heterocycles. The summed E-state index contributed by atoms with van der Waals surface area (Å²) < 4.78 is 41.3. The summed E-state index contributed by atoms with van der Waals surface area (Å²) in [6.07, 6.45) is 1.28. The Kier molecular flexibility index (Phi) is 7.24. The third-order valence-corrected chi connectivity index (χ3v) is 6.16. The fourth-order valence-corrected chi connectivity index (χ4v) is 4.31. The van der Waals surface area contributed by atoms with Crippen LogP contribution in [0.5, 0.6) is 11.5 Å². The number of hydrogen-bond acceptors (Lipinski definition) is 6.